The molecule has 3 amide bonds. The molecule has 4 aliphatic carbocycles. The Kier molecular flexibility index (Phi) is 13.3. The van der Waals surface area contributed by atoms with Crippen LogP contribution >= 0.6 is 0 Å². The van der Waals surface area contributed by atoms with Crippen LogP contribution in [-0.2, 0) is 24.7 Å². The lowest BCUT2D eigenvalue weighted by Gasteiger charge is -2.34. The van der Waals surface area contributed by atoms with E-state index in [2.05, 4.69) is 78.6 Å². The maximum atomic E-state index is 13.7. The Bertz CT molecular complexity index is 1820. The number of fused-ring (bicyclic) bond motifs is 2. The molecule has 2 heterocycles. The van der Waals surface area contributed by atoms with E-state index in [0.29, 0.717) is 70.1 Å². The minimum absolute atomic E-state index is 0.0271. The molecule has 0 aromatic heterocycles. The van der Waals surface area contributed by atoms with E-state index >= 15 is 0 Å². The van der Waals surface area contributed by atoms with Crippen molar-refractivity contribution < 1.29 is 19.1 Å². The van der Waals surface area contributed by atoms with E-state index in [1.807, 2.05) is 18.2 Å². The van der Waals surface area contributed by atoms with Gasteiger partial charge in [0.1, 0.15) is 0 Å². The van der Waals surface area contributed by atoms with Crippen molar-refractivity contribution in [2.24, 2.45) is 35.0 Å². The Hall–Kier alpha value is -4.23. The summed E-state index contributed by atoms with van der Waals surface area (Å²) in [5.41, 5.74) is 21.3. The molecule has 58 heavy (non-hydrogen) atoms. The zero-order valence-electron chi connectivity index (χ0n) is 34.4. The molecule has 314 valence electrons. The Morgan fingerprint density at radius 1 is 0.845 bits per heavy atom. The van der Waals surface area contributed by atoms with Gasteiger partial charge in [-0.05, 0) is 80.3 Å². The lowest BCUT2D eigenvalue weighted by atomic mass is 9.98. The van der Waals surface area contributed by atoms with Crippen LogP contribution in [-0.4, -0.2) is 128 Å². The molecule has 9 N–H and O–H groups in total. The monoisotopic (exact) mass is 797 g/mol. The first kappa shape index (κ1) is 41.9. The van der Waals surface area contributed by atoms with Gasteiger partial charge < -0.3 is 42.8 Å². The van der Waals surface area contributed by atoms with Gasteiger partial charge in [0.25, 0.3) is 0 Å². The third-order valence-corrected chi connectivity index (χ3v) is 12.3. The van der Waals surface area contributed by atoms with Gasteiger partial charge in [0.05, 0.1) is 37.0 Å². The van der Waals surface area contributed by atoms with Crippen LogP contribution in [0.4, 0.5) is 0 Å². The van der Waals surface area contributed by atoms with Crippen LogP contribution < -0.4 is 33.2 Å². The second kappa shape index (κ2) is 18.4. The van der Waals surface area contributed by atoms with Crippen LogP contribution in [0.1, 0.15) is 64.4 Å². The number of carbonyl (C=O) groups excluding carboxylic acids is 3. The van der Waals surface area contributed by atoms with E-state index in [9.17, 15) is 14.4 Å². The van der Waals surface area contributed by atoms with Crippen molar-refractivity contribution in [3.63, 3.8) is 0 Å². The topological polar surface area (TPSA) is 188 Å². The molecule has 0 radical (unpaired) electrons. The fourth-order valence-corrected chi connectivity index (χ4v) is 8.59. The molecular formula is C44H64N10O4. The third kappa shape index (κ3) is 11.5. The van der Waals surface area contributed by atoms with Gasteiger partial charge in [0.15, 0.2) is 11.6 Å². The van der Waals surface area contributed by atoms with Crippen LogP contribution in [0, 0.1) is 29.6 Å². The summed E-state index contributed by atoms with van der Waals surface area (Å²) in [6.45, 7) is 10.4. The van der Waals surface area contributed by atoms with Gasteiger partial charge in [0, 0.05) is 70.9 Å². The molecule has 0 bridgehead atoms. The van der Waals surface area contributed by atoms with E-state index in [1.54, 1.807) is 6.92 Å². The number of ether oxygens (including phenoxy) is 1. The second-order valence-electron chi connectivity index (χ2n) is 17.5. The first-order chi connectivity index (χ1) is 27.9. The van der Waals surface area contributed by atoms with Gasteiger partial charge in [-0.2, -0.15) is 0 Å². The van der Waals surface area contributed by atoms with Crippen molar-refractivity contribution in [2.75, 3.05) is 78.5 Å². The quantitative estimate of drug-likeness (QED) is 0.117. The first-order valence-electron chi connectivity index (χ1n) is 21.4. The summed E-state index contributed by atoms with van der Waals surface area (Å²) < 4.78 is 6.09. The molecular weight excluding hydrogens is 733 g/mol. The van der Waals surface area contributed by atoms with Crippen LogP contribution in [0.25, 0.3) is 0 Å². The first-order valence-corrected chi connectivity index (χ1v) is 21.4. The highest BCUT2D eigenvalue weighted by Crippen LogP contribution is 2.54. The predicted octanol–water partition coefficient (Wildman–Crippen LogP) is 1.08. The molecule has 3 saturated carbocycles. The van der Waals surface area contributed by atoms with Gasteiger partial charge in [-0.1, -0.05) is 55.3 Å². The molecule has 2 aliphatic heterocycles. The molecule has 1 saturated heterocycles. The average molecular weight is 797 g/mol. The van der Waals surface area contributed by atoms with Crippen molar-refractivity contribution >= 4 is 17.7 Å². The van der Waals surface area contributed by atoms with E-state index in [4.69, 9.17) is 21.9 Å². The zero-order valence-corrected chi connectivity index (χ0v) is 34.4. The minimum Gasteiger partial charge on any atom is -0.432 e. The van der Waals surface area contributed by atoms with Gasteiger partial charge in [-0.25, -0.2) is 0 Å². The molecule has 1 aromatic rings. The number of nitrogens with one attached hydrogen (secondary N) is 3. The molecule has 14 nitrogen and oxygen atoms in total. The molecule has 7 rings (SSSR count). The Balaban J connectivity index is 1.03. The Morgan fingerprint density at radius 2 is 1.43 bits per heavy atom. The number of nitrogens with zero attached hydrogens (tertiary/aromatic N) is 4. The van der Waals surface area contributed by atoms with Gasteiger partial charge >= 0.3 is 0 Å². The van der Waals surface area contributed by atoms with E-state index < -0.39 is 11.8 Å². The highest BCUT2D eigenvalue weighted by atomic mass is 16.5. The number of nitrogens with two attached hydrogens (primary N) is 3. The third-order valence-electron chi connectivity index (χ3n) is 12.3. The van der Waals surface area contributed by atoms with Crippen molar-refractivity contribution in [3.8, 4) is 11.8 Å². The SMILES string of the molecule is CC(/C=C\C1=C(N)OC2=C(CCC#C2)C2CC12)CN1CCN(CC(=O)N[C@H](C)N)CCN(CC(=O)NC2(c3ccccc3)CC2)CCN(CC(=O)NC2(N)CC2)CC1. The molecule has 0 spiro atoms. The van der Waals surface area contributed by atoms with E-state index in [0.717, 1.165) is 68.4 Å². The summed E-state index contributed by atoms with van der Waals surface area (Å²) in [6.07, 6.45) is 10.2. The summed E-state index contributed by atoms with van der Waals surface area (Å²) >= 11 is 0. The lowest BCUT2D eigenvalue weighted by Crippen LogP contribution is -2.53. The molecule has 14 heteroatoms. The number of rotatable bonds is 14. The fourth-order valence-electron chi connectivity index (χ4n) is 8.59. The largest absolute Gasteiger partial charge is 0.432 e. The maximum Gasteiger partial charge on any atom is 0.235 e. The van der Waals surface area contributed by atoms with Gasteiger partial charge in [-0.3, -0.25) is 29.1 Å². The van der Waals surface area contributed by atoms with Gasteiger partial charge in [-0.15, -0.1) is 0 Å². The molecule has 6 aliphatic rings. The average Bonchev–Trinajstić information content (AvgIpc) is 4.09. The number of hydrogen-bond acceptors (Lipinski definition) is 11. The van der Waals surface area contributed by atoms with Crippen molar-refractivity contribution in [1.29, 1.82) is 0 Å². The van der Waals surface area contributed by atoms with Gasteiger partial charge in [0.2, 0.25) is 17.7 Å². The fraction of sp³-hybridized carbons (Fsp3) is 0.614. The lowest BCUT2D eigenvalue weighted by molar-refractivity contribution is -0.125. The molecule has 4 fully saturated rings. The minimum atomic E-state index is -0.596. The van der Waals surface area contributed by atoms with Crippen LogP contribution in [0.3, 0.4) is 0 Å². The summed E-state index contributed by atoms with van der Waals surface area (Å²) in [5.74, 6) is 8.33. The number of carbonyl (C=O) groups is 3. The maximum absolute atomic E-state index is 13.7. The highest BCUT2D eigenvalue weighted by molar-refractivity contribution is 5.80. The summed E-state index contributed by atoms with van der Waals surface area (Å²) in [4.78, 5) is 48.9. The summed E-state index contributed by atoms with van der Waals surface area (Å²) in [5, 5.41) is 9.20. The Labute approximate surface area is 344 Å². The smallest absolute Gasteiger partial charge is 0.235 e. The summed E-state index contributed by atoms with van der Waals surface area (Å²) in [6, 6.07) is 10.2. The summed E-state index contributed by atoms with van der Waals surface area (Å²) in [7, 11) is 0. The van der Waals surface area contributed by atoms with Crippen molar-refractivity contribution in [3.05, 3.63) is 70.8 Å². The van der Waals surface area contributed by atoms with Crippen molar-refractivity contribution in [1.82, 2.24) is 35.6 Å². The van der Waals surface area contributed by atoms with Crippen LogP contribution in [0.15, 0.2) is 65.3 Å². The normalized spacial score (nSPS) is 25.9. The standard InChI is InChI=1S/C44H64N10O4/c1-31(12-13-35-37-26-36(37)34-10-6-7-11-38(34)58-42(35)46)27-51-18-20-52(28-39(55)48-32(2)45)22-23-53(24-25-54(21-19-51)30-41(57)50-44(47)16-17-44)29-40(56)49-43(14-15-43)33-8-4-3-5-9-33/h3-5,8-9,12-13,31-32,36-37H,6,10,14-30,45-47H2,1-2H3,(H,48,55)(H,49,56)(H,50,57)/b13-12-/t31?,32-,36?,37?/m1/s1. The zero-order chi connectivity index (χ0) is 40.9. The predicted molar refractivity (Wildman–Crippen MR) is 224 cm³/mol. The molecule has 3 unspecified atom stereocenters. The molecule has 4 atom stereocenters. The Morgan fingerprint density at radius 3 is 2.02 bits per heavy atom. The van der Waals surface area contributed by atoms with E-state index in [1.165, 1.54) is 5.57 Å². The van der Waals surface area contributed by atoms with E-state index in [-0.39, 0.29) is 48.8 Å². The number of hydrogen-bond donors (Lipinski definition) is 6. The molecule has 1 aromatic carbocycles. The highest BCUT2D eigenvalue weighted by Gasteiger charge is 2.47. The second-order valence-corrected chi connectivity index (χ2v) is 17.5. The van der Waals surface area contributed by atoms with Crippen LogP contribution in [0.5, 0.6) is 0 Å². The van der Waals surface area contributed by atoms with Crippen molar-refractivity contribution in [2.45, 2.75) is 76.2 Å². The van der Waals surface area contributed by atoms with Crippen LogP contribution in [0.2, 0.25) is 0 Å². The number of benzene rings is 1. The number of allylic oxidation sites excluding steroid dienone is 4. The number of amides is 3.